The molecule has 0 aliphatic carbocycles. The van der Waals surface area contributed by atoms with E-state index in [1.807, 2.05) is 6.92 Å². The maximum absolute atomic E-state index is 11.8. The van der Waals surface area contributed by atoms with Crippen LogP contribution in [0, 0.1) is 5.92 Å². The molecular formula is C7H12F3NO. The fourth-order valence-electron chi connectivity index (χ4n) is 1.33. The number of likely N-dealkylation sites (tertiary alicyclic amines) is 1. The molecular weight excluding hydrogens is 171 g/mol. The number of nitrogens with zero attached hydrogens (tertiary/aromatic N) is 1. The molecule has 1 saturated heterocycles. The zero-order valence-electron chi connectivity index (χ0n) is 6.80. The smallest absolute Gasteiger partial charge is 0.382 e. The van der Waals surface area contributed by atoms with Crippen LogP contribution in [0.5, 0.6) is 0 Å². The third-order valence-corrected chi connectivity index (χ3v) is 1.95. The fourth-order valence-corrected chi connectivity index (χ4v) is 1.33. The van der Waals surface area contributed by atoms with Gasteiger partial charge in [-0.1, -0.05) is 6.92 Å². The van der Waals surface area contributed by atoms with Gasteiger partial charge in [0.25, 0.3) is 0 Å². The Balaban J connectivity index is 2.23. The Morgan fingerprint density at radius 1 is 1.50 bits per heavy atom. The highest BCUT2D eigenvalue weighted by molar-refractivity contribution is 4.80. The van der Waals surface area contributed by atoms with Gasteiger partial charge in [0.05, 0.1) is 0 Å². The first-order valence-corrected chi connectivity index (χ1v) is 3.86. The minimum Gasteiger partial charge on any atom is -0.382 e. The van der Waals surface area contributed by atoms with Crippen molar-refractivity contribution in [2.45, 2.75) is 19.2 Å². The Morgan fingerprint density at radius 3 is 2.33 bits per heavy atom. The molecule has 1 heterocycles. The largest absolute Gasteiger partial charge is 0.415 e. The summed E-state index contributed by atoms with van der Waals surface area (Å²) in [4.78, 5) is 1.60. The summed E-state index contributed by atoms with van der Waals surface area (Å²) in [7, 11) is 0. The molecule has 0 bridgehead atoms. The van der Waals surface area contributed by atoms with E-state index in [1.54, 1.807) is 4.90 Å². The van der Waals surface area contributed by atoms with Gasteiger partial charge < -0.3 is 5.11 Å². The molecule has 1 fully saturated rings. The van der Waals surface area contributed by atoms with Crippen molar-refractivity contribution in [1.29, 1.82) is 0 Å². The number of halogens is 3. The monoisotopic (exact) mass is 183 g/mol. The molecule has 12 heavy (non-hydrogen) atoms. The summed E-state index contributed by atoms with van der Waals surface area (Å²) in [6, 6.07) is 0. The van der Waals surface area contributed by atoms with Crippen LogP contribution in [0.4, 0.5) is 13.2 Å². The number of hydrogen-bond acceptors (Lipinski definition) is 2. The highest BCUT2D eigenvalue weighted by Crippen LogP contribution is 2.23. The van der Waals surface area contributed by atoms with Crippen molar-refractivity contribution < 1.29 is 18.3 Å². The van der Waals surface area contributed by atoms with Gasteiger partial charge in [-0.15, -0.1) is 0 Å². The van der Waals surface area contributed by atoms with Gasteiger partial charge in [-0.2, -0.15) is 13.2 Å². The molecule has 1 atom stereocenters. The quantitative estimate of drug-likeness (QED) is 0.686. The minimum atomic E-state index is -4.47. The second-order valence-electron chi connectivity index (χ2n) is 3.38. The van der Waals surface area contributed by atoms with Crippen LogP contribution in [0.15, 0.2) is 0 Å². The van der Waals surface area contributed by atoms with E-state index in [4.69, 9.17) is 5.11 Å². The first-order valence-electron chi connectivity index (χ1n) is 3.86. The molecule has 5 heteroatoms. The molecule has 0 unspecified atom stereocenters. The second kappa shape index (κ2) is 3.22. The molecule has 1 aliphatic rings. The fraction of sp³-hybridized carbons (Fsp3) is 1.00. The number of hydrogen-bond donors (Lipinski definition) is 1. The zero-order chi connectivity index (χ0) is 9.35. The first kappa shape index (κ1) is 9.80. The summed E-state index contributed by atoms with van der Waals surface area (Å²) in [5.41, 5.74) is 0. The standard InChI is InChI=1S/C7H12F3NO/c1-5-2-11(3-5)4-6(12)7(8,9)10/h5-6,12H,2-4H2,1H3/t6-/m0/s1. The molecule has 0 saturated carbocycles. The van der Waals surface area contributed by atoms with E-state index in [2.05, 4.69) is 0 Å². The van der Waals surface area contributed by atoms with Crippen LogP contribution in [0.25, 0.3) is 0 Å². The van der Waals surface area contributed by atoms with Gasteiger partial charge in [0.2, 0.25) is 0 Å². The summed E-state index contributed by atoms with van der Waals surface area (Å²) >= 11 is 0. The van der Waals surface area contributed by atoms with Gasteiger partial charge >= 0.3 is 6.18 Å². The van der Waals surface area contributed by atoms with E-state index < -0.39 is 12.3 Å². The second-order valence-corrected chi connectivity index (χ2v) is 3.38. The summed E-state index contributed by atoms with van der Waals surface area (Å²) < 4.78 is 35.4. The topological polar surface area (TPSA) is 23.5 Å². The maximum atomic E-state index is 11.8. The average Bonchev–Trinajstić information content (AvgIpc) is 1.82. The Morgan fingerprint density at radius 2 is 2.00 bits per heavy atom. The third-order valence-electron chi connectivity index (χ3n) is 1.95. The molecule has 0 amide bonds. The Kier molecular flexibility index (Phi) is 2.63. The molecule has 1 aliphatic heterocycles. The summed E-state index contributed by atoms with van der Waals surface area (Å²) in [6.45, 7) is 3.00. The predicted molar refractivity (Wildman–Crippen MR) is 37.7 cm³/mol. The lowest BCUT2D eigenvalue weighted by Gasteiger charge is -2.38. The van der Waals surface area contributed by atoms with Crippen LogP contribution in [0.1, 0.15) is 6.92 Å². The van der Waals surface area contributed by atoms with Gasteiger partial charge in [0.15, 0.2) is 6.10 Å². The lowest BCUT2D eigenvalue weighted by molar-refractivity contribution is -0.211. The van der Waals surface area contributed by atoms with E-state index in [9.17, 15) is 13.2 Å². The van der Waals surface area contributed by atoms with Crippen molar-refractivity contribution in [3.05, 3.63) is 0 Å². The predicted octanol–water partition coefficient (Wildman–Crippen LogP) is 0.861. The van der Waals surface area contributed by atoms with Crippen LogP contribution in [0.2, 0.25) is 0 Å². The number of aliphatic hydroxyl groups is 1. The Labute approximate surface area is 69.0 Å². The summed E-state index contributed by atoms with van der Waals surface area (Å²) in [6.07, 6.45) is -6.66. The van der Waals surface area contributed by atoms with Crippen molar-refractivity contribution in [2.75, 3.05) is 19.6 Å². The molecule has 0 radical (unpaired) electrons. The lowest BCUT2D eigenvalue weighted by Crippen LogP contribution is -2.51. The highest BCUT2D eigenvalue weighted by atomic mass is 19.4. The van der Waals surface area contributed by atoms with Crippen LogP contribution < -0.4 is 0 Å². The number of β-amino-alcohol motifs (C(OH)–C–C–N with tert-alkyl or cyclic N) is 1. The van der Waals surface area contributed by atoms with Gasteiger partial charge in [0.1, 0.15) is 0 Å². The zero-order valence-corrected chi connectivity index (χ0v) is 6.80. The first-order chi connectivity index (χ1) is 5.39. The van der Waals surface area contributed by atoms with E-state index in [1.165, 1.54) is 0 Å². The SMILES string of the molecule is CC1CN(C[C@H](O)C(F)(F)F)C1. The van der Waals surface area contributed by atoms with Crippen molar-refractivity contribution in [2.24, 2.45) is 5.92 Å². The van der Waals surface area contributed by atoms with Crippen molar-refractivity contribution in [3.8, 4) is 0 Å². The minimum absolute atomic E-state index is 0.284. The highest BCUT2D eigenvalue weighted by Gasteiger charge is 2.40. The molecule has 0 aromatic heterocycles. The number of alkyl halides is 3. The van der Waals surface area contributed by atoms with E-state index in [0.29, 0.717) is 19.0 Å². The van der Waals surface area contributed by atoms with E-state index in [0.717, 1.165) is 0 Å². The molecule has 1 N–H and O–H groups in total. The van der Waals surface area contributed by atoms with Crippen LogP contribution in [0.3, 0.4) is 0 Å². The maximum Gasteiger partial charge on any atom is 0.415 e. The van der Waals surface area contributed by atoms with Gasteiger partial charge in [0, 0.05) is 19.6 Å². The molecule has 2 nitrogen and oxygen atoms in total. The summed E-state index contributed by atoms with van der Waals surface area (Å²) in [5.74, 6) is 0.463. The van der Waals surface area contributed by atoms with E-state index >= 15 is 0 Å². The van der Waals surface area contributed by atoms with Gasteiger partial charge in [-0.3, -0.25) is 4.90 Å². The van der Waals surface area contributed by atoms with Crippen LogP contribution >= 0.6 is 0 Å². The van der Waals surface area contributed by atoms with Crippen LogP contribution in [-0.2, 0) is 0 Å². The van der Waals surface area contributed by atoms with Gasteiger partial charge in [-0.05, 0) is 5.92 Å². The van der Waals surface area contributed by atoms with Crippen LogP contribution in [-0.4, -0.2) is 41.9 Å². The number of rotatable bonds is 2. The normalized spacial score (nSPS) is 23.8. The molecule has 0 aromatic rings. The molecule has 0 spiro atoms. The van der Waals surface area contributed by atoms with Crippen molar-refractivity contribution >= 4 is 0 Å². The van der Waals surface area contributed by atoms with Crippen molar-refractivity contribution in [3.63, 3.8) is 0 Å². The summed E-state index contributed by atoms with van der Waals surface area (Å²) in [5, 5.41) is 8.64. The molecule has 1 rings (SSSR count). The van der Waals surface area contributed by atoms with E-state index in [-0.39, 0.29) is 6.54 Å². The third kappa shape index (κ3) is 2.35. The number of aliphatic hydroxyl groups excluding tert-OH is 1. The lowest BCUT2D eigenvalue weighted by atomic mass is 10.0. The molecule has 72 valence electrons. The Bertz CT molecular complexity index is 153. The Hall–Kier alpha value is -0.290. The van der Waals surface area contributed by atoms with Gasteiger partial charge in [-0.25, -0.2) is 0 Å². The average molecular weight is 183 g/mol. The van der Waals surface area contributed by atoms with Crippen molar-refractivity contribution in [1.82, 2.24) is 4.90 Å². The molecule has 0 aromatic carbocycles.